The van der Waals surface area contributed by atoms with Crippen LogP contribution in [0.3, 0.4) is 0 Å². The highest BCUT2D eigenvalue weighted by atomic mass is 32.1. The van der Waals surface area contributed by atoms with E-state index in [-0.39, 0.29) is 16.0 Å². The molecule has 0 aliphatic carbocycles. The molecular weight excluding hydrogens is 304 g/mol. The summed E-state index contributed by atoms with van der Waals surface area (Å²) in [6, 6.07) is 5.91. The Morgan fingerprint density at radius 1 is 1.22 bits per heavy atom. The summed E-state index contributed by atoms with van der Waals surface area (Å²) in [7, 11) is 3.04. The van der Waals surface area contributed by atoms with Gasteiger partial charge in [-0.3, -0.25) is 0 Å². The predicted molar refractivity (Wildman–Crippen MR) is 104 cm³/mol. The molecule has 4 heteroatoms. The molecule has 1 nitrogen and oxygen atoms in total. The molecule has 0 bridgehead atoms. The van der Waals surface area contributed by atoms with Gasteiger partial charge in [0.25, 0.3) is 0 Å². The van der Waals surface area contributed by atoms with Crippen molar-refractivity contribution in [2.24, 2.45) is 5.41 Å². The van der Waals surface area contributed by atoms with Gasteiger partial charge in [0.2, 0.25) is 0 Å². The monoisotopic (exact) mass is 335 g/mol. The van der Waals surface area contributed by atoms with E-state index in [0.717, 1.165) is 50.6 Å². The Bertz CT molecular complexity index is 531. The van der Waals surface area contributed by atoms with Crippen molar-refractivity contribution in [1.29, 1.82) is 0 Å². The first-order chi connectivity index (χ1) is 10.6. The van der Waals surface area contributed by atoms with Crippen LogP contribution in [0.15, 0.2) is 18.2 Å². The molecule has 0 unspecified atom stereocenters. The van der Waals surface area contributed by atoms with E-state index in [2.05, 4.69) is 45.7 Å². The Morgan fingerprint density at radius 3 is 2.35 bits per heavy atom. The molecule has 0 spiro atoms. The second-order valence-electron chi connectivity index (χ2n) is 8.38. The zero-order valence-corrected chi connectivity index (χ0v) is 16.2. The highest BCUT2D eigenvalue weighted by molar-refractivity contribution is 7.81. The average Bonchev–Trinajstić information content (AvgIpc) is 2.45. The summed E-state index contributed by atoms with van der Waals surface area (Å²) in [5, 5.41) is 0. The van der Waals surface area contributed by atoms with Gasteiger partial charge in [0.15, 0.2) is 7.28 Å². The van der Waals surface area contributed by atoms with Crippen LogP contribution in [0, 0.1) is 11.2 Å². The number of rotatable bonds is 5. The molecule has 0 amide bonds. The van der Waals surface area contributed by atoms with Crippen molar-refractivity contribution in [3.63, 3.8) is 0 Å². The molecule has 0 radical (unpaired) electrons. The minimum Gasteiger partial charge on any atom is -0.306 e. The number of halogens is 1. The number of nitrogens with zero attached hydrogens (tertiary/aromatic N) is 1. The molecule has 1 saturated heterocycles. The van der Waals surface area contributed by atoms with Gasteiger partial charge in [-0.2, -0.15) is 12.6 Å². The average molecular weight is 335 g/mol. The number of piperidine rings is 1. The van der Waals surface area contributed by atoms with Gasteiger partial charge in [-0.15, -0.1) is 0 Å². The molecule has 1 aliphatic rings. The summed E-state index contributed by atoms with van der Waals surface area (Å²) in [5.41, 5.74) is 2.12. The predicted octanol–water partition coefficient (Wildman–Crippen LogP) is 3.85. The fourth-order valence-corrected chi connectivity index (χ4v) is 3.25. The quantitative estimate of drug-likeness (QED) is 0.632. The first-order valence-electron chi connectivity index (χ1n) is 8.79. The van der Waals surface area contributed by atoms with Crippen molar-refractivity contribution in [3.05, 3.63) is 29.6 Å². The first kappa shape index (κ1) is 18.9. The summed E-state index contributed by atoms with van der Waals surface area (Å²) in [6.07, 6.45) is 3.14. The van der Waals surface area contributed by atoms with Crippen LogP contribution in [0.2, 0.25) is 6.32 Å². The second kappa shape index (κ2) is 7.19. The lowest BCUT2D eigenvalue weighted by atomic mass is 9.56. The van der Waals surface area contributed by atoms with Gasteiger partial charge in [-0.05, 0) is 55.9 Å². The minimum atomic E-state index is -0.0421. The largest absolute Gasteiger partial charge is 0.306 e. The lowest BCUT2D eigenvalue weighted by molar-refractivity contribution is 0.253. The van der Waals surface area contributed by atoms with Crippen LogP contribution in [0.25, 0.3) is 0 Å². The van der Waals surface area contributed by atoms with Crippen molar-refractivity contribution >= 4 is 25.4 Å². The van der Waals surface area contributed by atoms with Crippen LogP contribution in [0.5, 0.6) is 0 Å². The maximum Gasteiger partial charge on any atom is 0.158 e. The zero-order valence-electron chi connectivity index (χ0n) is 15.3. The summed E-state index contributed by atoms with van der Waals surface area (Å²) in [4.78, 5) is 2.32. The van der Waals surface area contributed by atoms with E-state index in [0.29, 0.717) is 5.92 Å². The van der Waals surface area contributed by atoms with Gasteiger partial charge in [-0.1, -0.05) is 51.6 Å². The first-order valence-corrected chi connectivity index (χ1v) is 9.24. The fourth-order valence-electron chi connectivity index (χ4n) is 3.14. The highest BCUT2D eigenvalue weighted by Gasteiger charge is 2.33. The van der Waals surface area contributed by atoms with Gasteiger partial charge in [-0.25, -0.2) is 4.39 Å². The summed E-state index contributed by atoms with van der Waals surface area (Å²) in [5.74, 6) is 0.369. The van der Waals surface area contributed by atoms with Crippen LogP contribution >= 0.6 is 12.6 Å². The third-order valence-corrected chi connectivity index (χ3v) is 6.52. The molecule has 1 aliphatic heterocycles. The summed E-state index contributed by atoms with van der Waals surface area (Å²) >= 11 is 4.72. The lowest BCUT2D eigenvalue weighted by Gasteiger charge is -2.38. The number of hydrogen-bond acceptors (Lipinski definition) is 2. The maximum atomic E-state index is 14.6. The van der Waals surface area contributed by atoms with Gasteiger partial charge < -0.3 is 4.90 Å². The van der Waals surface area contributed by atoms with E-state index >= 15 is 0 Å². The standard InChI is InChI=1S/C19H31BFNS/c1-18(2,19(3,4)23)13-20-15-6-7-16(17(21)12-15)14-8-10-22(5)11-9-14/h6-7,12,14,20,23H,8-11,13H2,1-5H3. The fraction of sp³-hybridized carbons (Fsp3) is 0.684. The Hall–Kier alpha value is -0.475. The Morgan fingerprint density at radius 2 is 1.83 bits per heavy atom. The Labute approximate surface area is 147 Å². The number of hydrogen-bond donors (Lipinski definition) is 1. The molecule has 0 saturated carbocycles. The molecule has 1 aromatic rings. The normalized spacial score (nSPS) is 18.2. The zero-order chi connectivity index (χ0) is 17.3. The lowest BCUT2D eigenvalue weighted by Crippen LogP contribution is -2.36. The molecule has 1 aromatic carbocycles. The van der Waals surface area contributed by atoms with E-state index < -0.39 is 0 Å². The van der Waals surface area contributed by atoms with Gasteiger partial charge in [0.1, 0.15) is 5.82 Å². The molecule has 23 heavy (non-hydrogen) atoms. The van der Waals surface area contributed by atoms with E-state index in [1.807, 2.05) is 6.07 Å². The van der Waals surface area contributed by atoms with Crippen molar-refractivity contribution in [3.8, 4) is 0 Å². The third kappa shape index (κ3) is 4.76. The van der Waals surface area contributed by atoms with Gasteiger partial charge in [0.05, 0.1) is 0 Å². The molecule has 1 heterocycles. The second-order valence-corrected chi connectivity index (χ2v) is 9.49. The van der Waals surface area contributed by atoms with Crippen molar-refractivity contribution in [1.82, 2.24) is 4.90 Å². The van der Waals surface area contributed by atoms with E-state index in [1.165, 1.54) is 0 Å². The maximum absolute atomic E-state index is 14.6. The smallest absolute Gasteiger partial charge is 0.158 e. The SMILES string of the molecule is CN1CCC(c2ccc(BCC(C)(C)C(C)(C)S)cc2F)CC1. The third-order valence-electron chi connectivity index (χ3n) is 5.92. The van der Waals surface area contributed by atoms with Crippen LogP contribution in [-0.2, 0) is 0 Å². The molecule has 0 N–H and O–H groups in total. The number of benzene rings is 1. The molecular formula is C19H31BFNS. The van der Waals surface area contributed by atoms with Crippen LogP contribution in [-0.4, -0.2) is 37.1 Å². The van der Waals surface area contributed by atoms with Crippen LogP contribution in [0.4, 0.5) is 4.39 Å². The van der Waals surface area contributed by atoms with Crippen molar-refractivity contribution in [2.75, 3.05) is 20.1 Å². The minimum absolute atomic E-state index is 0.0139. The Kier molecular flexibility index (Phi) is 5.89. The molecule has 0 aromatic heterocycles. The Balaban J connectivity index is 2.02. The summed E-state index contributed by atoms with van der Waals surface area (Å²) < 4.78 is 14.5. The van der Waals surface area contributed by atoms with E-state index in [9.17, 15) is 4.39 Å². The van der Waals surface area contributed by atoms with Crippen LogP contribution in [0.1, 0.15) is 52.0 Å². The van der Waals surface area contributed by atoms with Gasteiger partial charge in [0, 0.05) is 4.75 Å². The van der Waals surface area contributed by atoms with Gasteiger partial charge >= 0.3 is 0 Å². The molecule has 1 fully saturated rings. The number of thiol groups is 1. The number of likely N-dealkylation sites (tertiary alicyclic amines) is 1. The van der Waals surface area contributed by atoms with Crippen molar-refractivity contribution in [2.45, 2.75) is 57.5 Å². The molecule has 128 valence electrons. The van der Waals surface area contributed by atoms with Crippen LogP contribution < -0.4 is 5.46 Å². The van der Waals surface area contributed by atoms with E-state index in [4.69, 9.17) is 12.6 Å². The topological polar surface area (TPSA) is 3.24 Å². The van der Waals surface area contributed by atoms with E-state index in [1.54, 1.807) is 6.07 Å². The molecule has 2 rings (SSSR count). The van der Waals surface area contributed by atoms with Crippen molar-refractivity contribution < 1.29 is 4.39 Å². The molecule has 0 atom stereocenters. The highest BCUT2D eigenvalue weighted by Crippen LogP contribution is 2.38. The summed E-state index contributed by atoms with van der Waals surface area (Å²) in [6.45, 7) is 10.9.